The monoisotopic (exact) mass is 346 g/mol. The molecule has 0 aliphatic carbocycles. The molecule has 0 atom stereocenters. The molecule has 4 aromatic rings. The maximum Gasteiger partial charge on any atom is 0.201 e. The van der Waals surface area contributed by atoms with E-state index in [0.717, 1.165) is 0 Å². The minimum Gasteiger partial charge on any atom is -0.508 e. The molecule has 0 aliphatic rings. The number of carbonyl (C=O) groups is 1. The quantitative estimate of drug-likeness (QED) is 0.411. The normalized spacial score (nSPS) is 11.1. The first kappa shape index (κ1) is 15.8. The molecular weight excluding hydrogens is 332 g/mol. The fourth-order valence-corrected chi connectivity index (χ4v) is 3.12. The Hall–Kier alpha value is -3.73. The van der Waals surface area contributed by atoms with Gasteiger partial charge in [-0.05, 0) is 58.6 Å². The molecule has 0 amide bonds. The number of phenols is 4. The van der Waals surface area contributed by atoms with Gasteiger partial charge in [-0.3, -0.25) is 4.79 Å². The molecule has 128 valence electrons. The topological polar surface area (TPSA) is 98.0 Å². The first-order valence-electron chi connectivity index (χ1n) is 7.89. The molecule has 0 unspecified atom stereocenters. The van der Waals surface area contributed by atoms with Crippen molar-refractivity contribution in [2.75, 3.05) is 0 Å². The van der Waals surface area contributed by atoms with E-state index in [0.29, 0.717) is 21.5 Å². The van der Waals surface area contributed by atoms with Crippen molar-refractivity contribution >= 4 is 27.3 Å². The van der Waals surface area contributed by atoms with Crippen LogP contribution in [0.5, 0.6) is 23.0 Å². The van der Waals surface area contributed by atoms with Crippen LogP contribution < -0.4 is 0 Å². The van der Waals surface area contributed by atoms with Gasteiger partial charge in [-0.2, -0.15) is 0 Å². The summed E-state index contributed by atoms with van der Waals surface area (Å²) < 4.78 is 0. The predicted octanol–water partition coefficient (Wildman–Crippen LogP) is 4.05. The highest BCUT2D eigenvalue weighted by molar-refractivity contribution is 6.20. The van der Waals surface area contributed by atoms with Gasteiger partial charge in [0, 0.05) is 5.39 Å². The van der Waals surface area contributed by atoms with Crippen molar-refractivity contribution in [1.29, 1.82) is 0 Å². The largest absolute Gasteiger partial charge is 0.508 e. The molecule has 0 bridgehead atoms. The molecule has 0 fully saturated rings. The summed E-state index contributed by atoms with van der Waals surface area (Å²) in [5, 5.41) is 42.2. The van der Waals surface area contributed by atoms with Crippen LogP contribution in [0.1, 0.15) is 15.9 Å². The zero-order chi connectivity index (χ0) is 18.4. The number of benzene rings is 4. The Kier molecular flexibility index (Phi) is 3.44. The van der Waals surface area contributed by atoms with Crippen molar-refractivity contribution in [3.8, 4) is 23.0 Å². The van der Waals surface area contributed by atoms with E-state index in [4.69, 9.17) is 0 Å². The van der Waals surface area contributed by atoms with Gasteiger partial charge in [0.15, 0.2) is 0 Å². The van der Waals surface area contributed by atoms with Crippen molar-refractivity contribution in [2.24, 2.45) is 0 Å². The number of carbonyl (C=O) groups excluding carboxylic acids is 1. The number of phenolic OH excluding ortho intramolecular Hbond substituents is 4. The van der Waals surface area contributed by atoms with Crippen molar-refractivity contribution in [2.45, 2.75) is 0 Å². The van der Waals surface area contributed by atoms with Gasteiger partial charge in [0.2, 0.25) is 5.78 Å². The third kappa shape index (κ3) is 2.46. The molecule has 4 aromatic carbocycles. The van der Waals surface area contributed by atoms with E-state index >= 15 is 0 Å². The highest BCUT2D eigenvalue weighted by atomic mass is 16.3. The lowest BCUT2D eigenvalue weighted by atomic mass is 9.94. The fourth-order valence-electron chi connectivity index (χ4n) is 3.12. The Balaban J connectivity index is 1.96. The molecule has 0 saturated heterocycles. The van der Waals surface area contributed by atoms with Crippen LogP contribution in [0.4, 0.5) is 0 Å². The number of hydrogen-bond donors (Lipinski definition) is 4. The summed E-state index contributed by atoms with van der Waals surface area (Å²) in [5.74, 6) is -1.04. The molecule has 4 rings (SSSR count). The van der Waals surface area contributed by atoms with Gasteiger partial charge in [0.05, 0.1) is 11.1 Å². The zero-order valence-corrected chi connectivity index (χ0v) is 13.5. The molecule has 0 saturated carbocycles. The second-order valence-corrected chi connectivity index (χ2v) is 6.10. The molecule has 0 aromatic heterocycles. The smallest absolute Gasteiger partial charge is 0.201 e. The van der Waals surface area contributed by atoms with E-state index in [2.05, 4.69) is 0 Å². The average Bonchev–Trinajstić information content (AvgIpc) is 2.60. The molecule has 0 spiro atoms. The highest BCUT2D eigenvalue weighted by Gasteiger charge is 2.21. The highest BCUT2D eigenvalue weighted by Crippen LogP contribution is 2.35. The Morgan fingerprint density at radius 3 is 2.04 bits per heavy atom. The molecule has 5 nitrogen and oxygen atoms in total. The minimum absolute atomic E-state index is 0.00632. The zero-order valence-electron chi connectivity index (χ0n) is 13.5. The van der Waals surface area contributed by atoms with E-state index < -0.39 is 5.78 Å². The van der Waals surface area contributed by atoms with E-state index in [1.807, 2.05) is 0 Å². The van der Waals surface area contributed by atoms with E-state index in [1.165, 1.54) is 42.5 Å². The van der Waals surface area contributed by atoms with E-state index in [-0.39, 0.29) is 34.1 Å². The van der Waals surface area contributed by atoms with E-state index in [1.54, 1.807) is 18.2 Å². The lowest BCUT2D eigenvalue weighted by molar-refractivity contribution is 0.103. The van der Waals surface area contributed by atoms with Gasteiger partial charge in [-0.25, -0.2) is 0 Å². The van der Waals surface area contributed by atoms with Gasteiger partial charge in [-0.15, -0.1) is 0 Å². The van der Waals surface area contributed by atoms with E-state index in [9.17, 15) is 25.2 Å². The summed E-state index contributed by atoms with van der Waals surface area (Å²) in [6.45, 7) is 0. The van der Waals surface area contributed by atoms with Gasteiger partial charge in [0.25, 0.3) is 0 Å². The van der Waals surface area contributed by atoms with Crippen molar-refractivity contribution in [3.05, 3.63) is 71.8 Å². The van der Waals surface area contributed by atoms with Crippen LogP contribution in [-0.2, 0) is 0 Å². The minimum atomic E-state index is -0.564. The number of rotatable bonds is 2. The molecule has 26 heavy (non-hydrogen) atoms. The fraction of sp³-hybridized carbons (Fsp3) is 0. The lowest BCUT2D eigenvalue weighted by Crippen LogP contribution is -2.03. The summed E-state index contributed by atoms with van der Waals surface area (Å²) in [6.07, 6.45) is 0. The number of aromatic hydroxyl groups is 4. The van der Waals surface area contributed by atoms with Crippen LogP contribution in [-0.4, -0.2) is 26.2 Å². The molecular formula is C21H14O5. The summed E-state index contributed by atoms with van der Waals surface area (Å²) >= 11 is 0. The Morgan fingerprint density at radius 2 is 1.27 bits per heavy atom. The second kappa shape index (κ2) is 5.67. The van der Waals surface area contributed by atoms with Gasteiger partial charge < -0.3 is 20.4 Å². The third-order valence-corrected chi connectivity index (χ3v) is 4.39. The first-order chi connectivity index (χ1) is 12.4. The summed E-state index contributed by atoms with van der Waals surface area (Å²) in [4.78, 5) is 13.1. The van der Waals surface area contributed by atoms with Gasteiger partial charge in [0.1, 0.15) is 23.0 Å². The Morgan fingerprint density at radius 1 is 0.615 bits per heavy atom. The summed E-state index contributed by atoms with van der Waals surface area (Å²) in [5.41, 5.74) is 0.0289. The lowest BCUT2D eigenvalue weighted by Gasteiger charge is -2.11. The standard InChI is InChI=1S/C21H14O5/c22-14-5-2-12-8-17(19(25)9-13(12)7-14)21(26)20-16-10-15(23)4-1-11(16)3-6-18(20)24/h1-10,22-25H. The first-order valence-corrected chi connectivity index (χ1v) is 7.89. The SMILES string of the molecule is O=C(c1cc2ccc(O)cc2cc1O)c1c(O)ccc2ccc(O)cc12. The van der Waals surface area contributed by atoms with Crippen LogP contribution in [0, 0.1) is 0 Å². The van der Waals surface area contributed by atoms with Crippen LogP contribution >= 0.6 is 0 Å². The van der Waals surface area contributed by atoms with Crippen LogP contribution in [0.15, 0.2) is 60.7 Å². The van der Waals surface area contributed by atoms with Crippen LogP contribution in [0.2, 0.25) is 0 Å². The average molecular weight is 346 g/mol. The maximum atomic E-state index is 13.1. The second-order valence-electron chi connectivity index (χ2n) is 6.10. The summed E-state index contributed by atoms with van der Waals surface area (Å²) in [7, 11) is 0. The number of hydrogen-bond acceptors (Lipinski definition) is 5. The molecule has 0 radical (unpaired) electrons. The van der Waals surface area contributed by atoms with Crippen LogP contribution in [0.3, 0.4) is 0 Å². The van der Waals surface area contributed by atoms with Crippen molar-refractivity contribution in [1.82, 2.24) is 0 Å². The van der Waals surface area contributed by atoms with Gasteiger partial charge in [-0.1, -0.05) is 18.2 Å². The molecule has 0 aliphatic heterocycles. The molecule has 4 N–H and O–H groups in total. The summed E-state index contributed by atoms with van der Waals surface area (Å²) in [6, 6.07) is 15.1. The molecule has 5 heteroatoms. The molecule has 0 heterocycles. The van der Waals surface area contributed by atoms with Crippen molar-refractivity contribution < 1.29 is 25.2 Å². The predicted molar refractivity (Wildman–Crippen MR) is 98.0 cm³/mol. The Labute approximate surface area is 148 Å². The maximum absolute atomic E-state index is 13.1. The van der Waals surface area contributed by atoms with Crippen LogP contribution in [0.25, 0.3) is 21.5 Å². The number of fused-ring (bicyclic) bond motifs is 2. The van der Waals surface area contributed by atoms with Crippen molar-refractivity contribution in [3.63, 3.8) is 0 Å². The Bertz CT molecular complexity index is 1190. The number of ketones is 1. The third-order valence-electron chi connectivity index (χ3n) is 4.39. The van der Waals surface area contributed by atoms with Gasteiger partial charge >= 0.3 is 0 Å².